The van der Waals surface area contributed by atoms with Gasteiger partial charge in [-0.25, -0.2) is 4.79 Å². The molecule has 5 nitrogen and oxygen atoms in total. The van der Waals surface area contributed by atoms with Crippen LogP contribution < -0.4 is 5.32 Å². The van der Waals surface area contributed by atoms with Crippen LogP contribution in [0.1, 0.15) is 57.4 Å². The third-order valence-corrected chi connectivity index (χ3v) is 4.94. The van der Waals surface area contributed by atoms with E-state index in [0.29, 0.717) is 6.61 Å². The largest absolute Gasteiger partial charge is 0.445 e. The van der Waals surface area contributed by atoms with E-state index in [4.69, 9.17) is 9.47 Å². The van der Waals surface area contributed by atoms with Gasteiger partial charge in [-0.3, -0.25) is 4.90 Å². The fraction of sp³-hybridized carbons (Fsp3) is 0.667. The number of alkyl carbamates (subject to hydrolysis) is 1. The van der Waals surface area contributed by atoms with Crippen LogP contribution in [-0.4, -0.2) is 43.5 Å². The average molecular weight is 363 g/mol. The van der Waals surface area contributed by atoms with Gasteiger partial charge >= 0.3 is 6.09 Å². The summed E-state index contributed by atoms with van der Waals surface area (Å²) in [7, 11) is 4.16. The van der Waals surface area contributed by atoms with Gasteiger partial charge in [-0.15, -0.1) is 0 Å². The zero-order valence-corrected chi connectivity index (χ0v) is 16.4. The Hall–Kier alpha value is -1.59. The average Bonchev–Trinajstić information content (AvgIpc) is 2.65. The molecule has 0 radical (unpaired) electrons. The third kappa shape index (κ3) is 7.34. The Balaban J connectivity index is 1.66. The number of carbonyl (C=O) groups is 1. The molecule has 2 rings (SSSR count). The molecule has 1 atom stereocenters. The van der Waals surface area contributed by atoms with Gasteiger partial charge in [0.2, 0.25) is 0 Å². The minimum atomic E-state index is -0.327. The van der Waals surface area contributed by atoms with E-state index in [1.165, 1.54) is 12.8 Å². The van der Waals surface area contributed by atoms with Crippen LogP contribution in [0, 0.1) is 0 Å². The molecular weight excluding hydrogens is 328 g/mol. The Kier molecular flexibility index (Phi) is 8.92. The van der Waals surface area contributed by atoms with Crippen LogP contribution >= 0.6 is 0 Å². The molecule has 1 saturated carbocycles. The van der Waals surface area contributed by atoms with Crippen LogP contribution in [0.2, 0.25) is 0 Å². The van der Waals surface area contributed by atoms with E-state index in [9.17, 15) is 4.79 Å². The minimum absolute atomic E-state index is 0.187. The summed E-state index contributed by atoms with van der Waals surface area (Å²) in [5.41, 5.74) is 1.00. The van der Waals surface area contributed by atoms with Gasteiger partial charge in [0.05, 0.1) is 6.10 Å². The SMILES string of the molecule is CCCCC(OC1CCC(NC(=O)OCc2ccccc2)CC1)N(C)C. The Bertz CT molecular complexity index is 513. The predicted molar refractivity (Wildman–Crippen MR) is 104 cm³/mol. The van der Waals surface area contributed by atoms with Crippen LogP contribution in [0.25, 0.3) is 0 Å². The monoisotopic (exact) mass is 362 g/mol. The van der Waals surface area contributed by atoms with Crippen LogP contribution in [0.4, 0.5) is 4.79 Å². The molecule has 5 heteroatoms. The minimum Gasteiger partial charge on any atom is -0.445 e. The Morgan fingerprint density at radius 3 is 2.50 bits per heavy atom. The fourth-order valence-corrected chi connectivity index (χ4v) is 3.32. The van der Waals surface area contributed by atoms with Crippen molar-refractivity contribution < 1.29 is 14.3 Å². The second-order valence-corrected chi connectivity index (χ2v) is 7.38. The normalized spacial score (nSPS) is 21.4. The molecule has 0 aliphatic heterocycles. The summed E-state index contributed by atoms with van der Waals surface area (Å²) in [6.45, 7) is 2.52. The predicted octanol–water partition coefficient (Wildman–Crippen LogP) is 4.32. The number of rotatable bonds is 9. The molecular formula is C21H34N2O3. The summed E-state index contributed by atoms with van der Waals surface area (Å²) >= 11 is 0. The maximum atomic E-state index is 12.0. The first-order chi connectivity index (χ1) is 12.6. The van der Waals surface area contributed by atoms with Gasteiger partial charge in [0.15, 0.2) is 0 Å². The van der Waals surface area contributed by atoms with Crippen molar-refractivity contribution in [2.75, 3.05) is 14.1 Å². The lowest BCUT2D eigenvalue weighted by atomic mass is 9.93. The number of unbranched alkanes of at least 4 members (excludes halogenated alkanes) is 1. The van der Waals surface area contributed by atoms with Gasteiger partial charge in [-0.05, 0) is 58.2 Å². The molecule has 0 spiro atoms. The summed E-state index contributed by atoms with van der Waals surface area (Å²) in [6, 6.07) is 9.93. The smallest absolute Gasteiger partial charge is 0.407 e. The van der Waals surface area contributed by atoms with Crippen LogP contribution in [0.15, 0.2) is 30.3 Å². The molecule has 1 aromatic rings. The Labute approximate surface area is 158 Å². The van der Waals surface area contributed by atoms with Crippen molar-refractivity contribution in [2.45, 2.75) is 76.9 Å². The van der Waals surface area contributed by atoms with E-state index in [1.807, 2.05) is 30.3 Å². The van der Waals surface area contributed by atoms with E-state index in [2.05, 4.69) is 31.2 Å². The van der Waals surface area contributed by atoms with E-state index in [-0.39, 0.29) is 24.5 Å². The summed E-state index contributed by atoms with van der Waals surface area (Å²) in [4.78, 5) is 14.1. The van der Waals surface area contributed by atoms with Gasteiger partial charge in [0, 0.05) is 6.04 Å². The fourth-order valence-electron chi connectivity index (χ4n) is 3.32. The maximum absolute atomic E-state index is 12.0. The molecule has 1 aliphatic carbocycles. The summed E-state index contributed by atoms with van der Waals surface area (Å²) in [5.74, 6) is 0. The van der Waals surface area contributed by atoms with E-state index in [1.54, 1.807) is 0 Å². The van der Waals surface area contributed by atoms with Gasteiger partial charge in [-0.1, -0.05) is 43.7 Å². The lowest BCUT2D eigenvalue weighted by Crippen LogP contribution is -2.41. The molecule has 0 heterocycles. The van der Waals surface area contributed by atoms with Crippen molar-refractivity contribution in [1.82, 2.24) is 10.2 Å². The van der Waals surface area contributed by atoms with E-state index >= 15 is 0 Å². The molecule has 0 aromatic heterocycles. The number of hydrogen-bond donors (Lipinski definition) is 1. The molecule has 1 aromatic carbocycles. The highest BCUT2D eigenvalue weighted by Gasteiger charge is 2.26. The zero-order valence-electron chi connectivity index (χ0n) is 16.4. The van der Waals surface area contributed by atoms with Crippen molar-refractivity contribution >= 4 is 6.09 Å². The van der Waals surface area contributed by atoms with Crippen molar-refractivity contribution in [3.05, 3.63) is 35.9 Å². The lowest BCUT2D eigenvalue weighted by molar-refractivity contribution is -0.0989. The Morgan fingerprint density at radius 1 is 1.19 bits per heavy atom. The number of carbonyl (C=O) groups excluding carboxylic acids is 1. The quantitative estimate of drug-likeness (QED) is 0.665. The molecule has 0 saturated heterocycles. The number of hydrogen-bond acceptors (Lipinski definition) is 4. The summed E-state index contributed by atoms with van der Waals surface area (Å²) in [6.07, 6.45) is 7.47. The van der Waals surface area contributed by atoms with Gasteiger partial charge in [0.25, 0.3) is 0 Å². The molecule has 0 bridgehead atoms. The summed E-state index contributed by atoms with van der Waals surface area (Å²) in [5, 5.41) is 2.99. The molecule has 1 N–H and O–H groups in total. The second kappa shape index (κ2) is 11.2. The highest BCUT2D eigenvalue weighted by atomic mass is 16.5. The number of nitrogens with zero attached hydrogens (tertiary/aromatic N) is 1. The second-order valence-electron chi connectivity index (χ2n) is 7.38. The zero-order chi connectivity index (χ0) is 18.8. The molecule has 1 aliphatic rings. The maximum Gasteiger partial charge on any atom is 0.407 e. The number of amides is 1. The van der Waals surface area contributed by atoms with Crippen molar-refractivity contribution in [3.8, 4) is 0 Å². The van der Waals surface area contributed by atoms with Gasteiger partial charge < -0.3 is 14.8 Å². The highest BCUT2D eigenvalue weighted by Crippen LogP contribution is 2.24. The molecule has 1 fully saturated rings. The van der Waals surface area contributed by atoms with Crippen molar-refractivity contribution in [1.29, 1.82) is 0 Å². The lowest BCUT2D eigenvalue weighted by Gasteiger charge is -2.34. The molecule has 1 amide bonds. The number of benzene rings is 1. The van der Waals surface area contributed by atoms with Crippen molar-refractivity contribution in [2.24, 2.45) is 0 Å². The van der Waals surface area contributed by atoms with Crippen LogP contribution in [0.3, 0.4) is 0 Å². The molecule has 1 unspecified atom stereocenters. The van der Waals surface area contributed by atoms with Crippen molar-refractivity contribution in [3.63, 3.8) is 0 Å². The van der Waals surface area contributed by atoms with Crippen LogP contribution in [-0.2, 0) is 16.1 Å². The topological polar surface area (TPSA) is 50.8 Å². The Morgan fingerprint density at radius 2 is 1.88 bits per heavy atom. The molecule has 26 heavy (non-hydrogen) atoms. The van der Waals surface area contributed by atoms with Gasteiger partial charge in [0.1, 0.15) is 12.8 Å². The van der Waals surface area contributed by atoms with E-state index < -0.39 is 0 Å². The first kappa shape index (κ1) is 20.7. The molecule has 146 valence electrons. The standard InChI is InChI=1S/C21H34N2O3/c1-4-5-11-20(23(2)3)26-19-14-12-18(13-15-19)22-21(24)25-16-17-9-7-6-8-10-17/h6-10,18-20H,4-5,11-16H2,1-3H3,(H,22,24). The first-order valence-corrected chi connectivity index (χ1v) is 9.87. The highest BCUT2D eigenvalue weighted by molar-refractivity contribution is 5.67. The number of ether oxygens (including phenoxy) is 2. The van der Waals surface area contributed by atoms with Crippen LogP contribution in [0.5, 0.6) is 0 Å². The third-order valence-electron chi connectivity index (χ3n) is 4.94. The number of nitrogens with one attached hydrogen (secondary N) is 1. The van der Waals surface area contributed by atoms with E-state index in [0.717, 1.165) is 37.7 Å². The summed E-state index contributed by atoms with van der Waals surface area (Å²) < 4.78 is 11.6. The van der Waals surface area contributed by atoms with Gasteiger partial charge in [-0.2, -0.15) is 0 Å². The first-order valence-electron chi connectivity index (χ1n) is 9.87.